The van der Waals surface area contributed by atoms with E-state index in [1.54, 1.807) is 0 Å². The minimum absolute atomic E-state index is 0.120. The molecule has 0 saturated heterocycles. The average molecular weight is 318 g/mol. The number of amides is 1. The minimum Gasteiger partial charge on any atom is -0.448 e. The van der Waals surface area contributed by atoms with E-state index in [1.165, 1.54) is 12.1 Å². The summed E-state index contributed by atoms with van der Waals surface area (Å²) in [7, 11) is 0. The van der Waals surface area contributed by atoms with Gasteiger partial charge in [-0.05, 0) is 23.5 Å². The molecule has 1 atom stereocenters. The molecular weight excluding hydrogens is 300 g/mol. The first-order chi connectivity index (χ1) is 9.82. The smallest absolute Gasteiger partial charge is 0.407 e. The molecule has 21 heavy (non-hydrogen) atoms. The Bertz CT molecular complexity index is 550. The molecule has 1 amide bonds. The third-order valence-corrected chi connectivity index (χ3v) is 4.36. The fourth-order valence-electron chi connectivity index (χ4n) is 2.85. The summed E-state index contributed by atoms with van der Waals surface area (Å²) in [6.45, 7) is 4.33. The normalized spacial score (nSPS) is 22.7. The van der Waals surface area contributed by atoms with Gasteiger partial charge < -0.3 is 10.1 Å². The summed E-state index contributed by atoms with van der Waals surface area (Å²) in [6.07, 6.45) is 0.124. The van der Waals surface area contributed by atoms with Gasteiger partial charge in [0.05, 0.1) is 5.88 Å². The molecule has 3 nitrogen and oxygen atoms in total. The van der Waals surface area contributed by atoms with Crippen LogP contribution in [0.25, 0.3) is 0 Å². The first-order valence-corrected chi connectivity index (χ1v) is 7.28. The van der Waals surface area contributed by atoms with Crippen LogP contribution in [0.2, 0.25) is 0 Å². The zero-order chi connectivity index (χ0) is 15.7. The molecule has 1 aliphatic rings. The predicted octanol–water partition coefficient (Wildman–Crippen LogP) is 3.60. The van der Waals surface area contributed by atoms with Crippen molar-refractivity contribution >= 4 is 17.7 Å². The molecular formula is C15H18ClF2NO2. The Hall–Kier alpha value is -1.36. The Labute approximate surface area is 127 Å². The summed E-state index contributed by atoms with van der Waals surface area (Å²) in [5.74, 6) is -0.979. The average Bonchev–Trinajstić information content (AvgIpc) is 2.96. The van der Waals surface area contributed by atoms with E-state index >= 15 is 0 Å². The van der Waals surface area contributed by atoms with Crippen molar-refractivity contribution in [3.63, 3.8) is 0 Å². The SMILES string of the molecule is CC1(C)CC1(CNC(=O)OCCCl)c1ccc(F)cc1F. The first kappa shape index (κ1) is 16.0. The second kappa shape index (κ2) is 5.79. The molecule has 0 aromatic heterocycles. The van der Waals surface area contributed by atoms with Crippen LogP contribution in [0.3, 0.4) is 0 Å². The summed E-state index contributed by atoms with van der Waals surface area (Å²) in [5, 5.41) is 2.64. The number of ether oxygens (including phenoxy) is 1. The lowest BCUT2D eigenvalue weighted by molar-refractivity contribution is 0.151. The molecule has 2 rings (SSSR count). The minimum atomic E-state index is -0.612. The predicted molar refractivity (Wildman–Crippen MR) is 76.5 cm³/mol. The molecule has 1 saturated carbocycles. The number of alkyl halides is 1. The second-order valence-corrected chi connectivity index (χ2v) is 6.32. The van der Waals surface area contributed by atoms with Crippen molar-refractivity contribution in [1.82, 2.24) is 5.32 Å². The third-order valence-electron chi connectivity index (χ3n) is 4.21. The van der Waals surface area contributed by atoms with E-state index in [4.69, 9.17) is 16.3 Å². The Morgan fingerprint density at radius 1 is 1.43 bits per heavy atom. The Balaban J connectivity index is 2.14. The zero-order valence-corrected chi connectivity index (χ0v) is 12.8. The van der Waals surface area contributed by atoms with Gasteiger partial charge in [0.15, 0.2) is 0 Å². The maximum Gasteiger partial charge on any atom is 0.407 e. The molecule has 6 heteroatoms. The highest BCUT2D eigenvalue weighted by molar-refractivity contribution is 6.18. The maximum absolute atomic E-state index is 14.1. The van der Waals surface area contributed by atoms with Gasteiger partial charge in [0.2, 0.25) is 0 Å². The largest absolute Gasteiger partial charge is 0.448 e. The lowest BCUT2D eigenvalue weighted by Crippen LogP contribution is -2.36. The van der Waals surface area contributed by atoms with E-state index in [2.05, 4.69) is 5.32 Å². The van der Waals surface area contributed by atoms with Crippen LogP contribution in [0.5, 0.6) is 0 Å². The van der Waals surface area contributed by atoms with Crippen LogP contribution in [0.1, 0.15) is 25.8 Å². The first-order valence-electron chi connectivity index (χ1n) is 6.74. The molecule has 1 unspecified atom stereocenters. The number of halogens is 3. The zero-order valence-electron chi connectivity index (χ0n) is 12.0. The van der Waals surface area contributed by atoms with Crippen molar-refractivity contribution in [2.45, 2.75) is 25.7 Å². The van der Waals surface area contributed by atoms with Gasteiger partial charge in [0.25, 0.3) is 0 Å². The number of carbonyl (C=O) groups excluding carboxylic acids is 1. The number of carbonyl (C=O) groups is 1. The molecule has 1 aliphatic carbocycles. The second-order valence-electron chi connectivity index (χ2n) is 5.95. The van der Waals surface area contributed by atoms with Gasteiger partial charge in [-0.2, -0.15) is 0 Å². The summed E-state index contributed by atoms with van der Waals surface area (Å²) in [5.41, 5.74) is -0.289. The fraction of sp³-hybridized carbons (Fsp3) is 0.533. The van der Waals surface area contributed by atoms with E-state index in [0.717, 1.165) is 6.07 Å². The highest BCUT2D eigenvalue weighted by Gasteiger charge is 2.62. The van der Waals surface area contributed by atoms with E-state index in [0.29, 0.717) is 12.0 Å². The van der Waals surface area contributed by atoms with Gasteiger partial charge in [0.1, 0.15) is 18.2 Å². The van der Waals surface area contributed by atoms with Gasteiger partial charge in [0, 0.05) is 18.0 Å². The van der Waals surface area contributed by atoms with Crippen LogP contribution < -0.4 is 5.32 Å². The summed E-state index contributed by atoms with van der Waals surface area (Å²) >= 11 is 5.43. The van der Waals surface area contributed by atoms with Crippen molar-refractivity contribution in [1.29, 1.82) is 0 Å². The fourth-order valence-corrected chi connectivity index (χ4v) is 2.93. The quantitative estimate of drug-likeness (QED) is 0.843. The van der Waals surface area contributed by atoms with Gasteiger partial charge in [-0.1, -0.05) is 19.9 Å². The Morgan fingerprint density at radius 2 is 2.10 bits per heavy atom. The number of hydrogen-bond donors (Lipinski definition) is 1. The van der Waals surface area contributed by atoms with E-state index in [1.807, 2.05) is 13.8 Å². The molecule has 0 spiro atoms. The van der Waals surface area contributed by atoms with E-state index in [9.17, 15) is 13.6 Å². The summed E-state index contributed by atoms with van der Waals surface area (Å²) < 4.78 is 31.9. The van der Waals surface area contributed by atoms with Crippen molar-refractivity contribution in [3.05, 3.63) is 35.4 Å². The standard InChI is InChI=1S/C15H18ClF2NO2/c1-14(2)8-15(14,9-19-13(20)21-6-5-16)11-4-3-10(17)7-12(11)18/h3-4,7H,5-6,8-9H2,1-2H3,(H,19,20). The van der Waals surface area contributed by atoms with Crippen LogP contribution in [-0.4, -0.2) is 25.1 Å². The van der Waals surface area contributed by atoms with Gasteiger partial charge in [-0.25, -0.2) is 13.6 Å². The van der Waals surface area contributed by atoms with Crippen LogP contribution in [-0.2, 0) is 10.2 Å². The Kier molecular flexibility index (Phi) is 4.42. The molecule has 0 bridgehead atoms. The molecule has 1 aromatic carbocycles. The van der Waals surface area contributed by atoms with Crippen LogP contribution >= 0.6 is 11.6 Å². The van der Waals surface area contributed by atoms with Crippen molar-refractivity contribution in [2.75, 3.05) is 19.0 Å². The lowest BCUT2D eigenvalue weighted by atomic mass is 9.87. The molecule has 0 aliphatic heterocycles. The molecule has 0 heterocycles. The van der Waals surface area contributed by atoms with Gasteiger partial charge >= 0.3 is 6.09 Å². The number of benzene rings is 1. The highest BCUT2D eigenvalue weighted by atomic mass is 35.5. The third kappa shape index (κ3) is 3.12. The molecule has 1 fully saturated rings. The summed E-state index contributed by atoms with van der Waals surface area (Å²) in [6, 6.07) is 3.56. The molecule has 1 aromatic rings. The lowest BCUT2D eigenvalue weighted by Gasteiger charge is -2.22. The maximum atomic E-state index is 14.1. The van der Waals surface area contributed by atoms with Crippen LogP contribution in [0.4, 0.5) is 13.6 Å². The van der Waals surface area contributed by atoms with E-state index < -0.39 is 23.1 Å². The summed E-state index contributed by atoms with van der Waals surface area (Å²) in [4.78, 5) is 11.5. The van der Waals surface area contributed by atoms with Gasteiger partial charge in [-0.15, -0.1) is 11.6 Å². The number of rotatable bonds is 5. The molecule has 1 N–H and O–H groups in total. The highest BCUT2D eigenvalue weighted by Crippen LogP contribution is 2.64. The number of hydrogen-bond acceptors (Lipinski definition) is 2. The van der Waals surface area contributed by atoms with Crippen LogP contribution in [0.15, 0.2) is 18.2 Å². The monoisotopic (exact) mass is 317 g/mol. The molecule has 116 valence electrons. The number of alkyl carbamates (subject to hydrolysis) is 1. The van der Waals surface area contributed by atoms with Crippen LogP contribution in [0, 0.1) is 17.0 Å². The van der Waals surface area contributed by atoms with Crippen molar-refractivity contribution in [3.8, 4) is 0 Å². The Morgan fingerprint density at radius 3 is 2.62 bits per heavy atom. The molecule has 0 radical (unpaired) electrons. The van der Waals surface area contributed by atoms with E-state index in [-0.39, 0.29) is 24.4 Å². The number of nitrogens with one attached hydrogen (secondary N) is 1. The van der Waals surface area contributed by atoms with Gasteiger partial charge in [-0.3, -0.25) is 0 Å². The van der Waals surface area contributed by atoms with Crippen molar-refractivity contribution < 1.29 is 18.3 Å². The van der Waals surface area contributed by atoms with Crippen molar-refractivity contribution in [2.24, 2.45) is 5.41 Å². The topological polar surface area (TPSA) is 38.3 Å².